The van der Waals surface area contributed by atoms with Crippen LogP contribution >= 0.6 is 0 Å². The zero-order valence-corrected chi connectivity index (χ0v) is 13.2. The molecule has 0 aromatic rings. The molecule has 5 heteroatoms. The average Bonchev–Trinajstić information content (AvgIpc) is 2.48. The van der Waals surface area contributed by atoms with Crippen LogP contribution in [-0.2, 0) is 9.53 Å². The van der Waals surface area contributed by atoms with Gasteiger partial charge in [-0.3, -0.25) is 4.79 Å². The Labute approximate surface area is 122 Å². The highest BCUT2D eigenvalue weighted by Gasteiger charge is 2.43. The third-order valence-electron chi connectivity index (χ3n) is 4.42. The molecule has 0 aromatic heterocycles. The van der Waals surface area contributed by atoms with E-state index in [0.717, 1.165) is 38.8 Å². The molecule has 118 valence electrons. The lowest BCUT2D eigenvalue weighted by Crippen LogP contribution is -2.54. The number of ether oxygens (including phenoxy) is 1. The number of hydrogen-bond donors (Lipinski definition) is 2. The number of amides is 1. The molecule has 5 nitrogen and oxygen atoms in total. The first-order valence-electron chi connectivity index (χ1n) is 7.76. The van der Waals surface area contributed by atoms with Crippen LogP contribution in [0.3, 0.4) is 0 Å². The zero-order chi connectivity index (χ0) is 15.0. The molecular formula is C15H30N2O3. The minimum Gasteiger partial charge on any atom is -0.395 e. The van der Waals surface area contributed by atoms with E-state index in [9.17, 15) is 9.90 Å². The second kappa shape index (κ2) is 8.60. The smallest absolute Gasteiger partial charge is 0.231 e. The Morgan fingerprint density at radius 3 is 2.40 bits per heavy atom. The number of aliphatic hydroxyl groups excluding tert-OH is 1. The maximum absolute atomic E-state index is 13.1. The van der Waals surface area contributed by atoms with Gasteiger partial charge in [0.15, 0.2) is 0 Å². The third kappa shape index (κ3) is 3.93. The summed E-state index contributed by atoms with van der Waals surface area (Å²) in [5, 5.41) is 12.6. The number of aliphatic hydroxyl groups is 1. The summed E-state index contributed by atoms with van der Waals surface area (Å²) in [4.78, 5) is 14.9. The molecule has 0 aromatic carbocycles. The molecule has 1 saturated heterocycles. The van der Waals surface area contributed by atoms with E-state index in [4.69, 9.17) is 4.74 Å². The summed E-state index contributed by atoms with van der Waals surface area (Å²) in [6.07, 6.45) is 3.45. The van der Waals surface area contributed by atoms with Gasteiger partial charge in [0, 0.05) is 19.7 Å². The fraction of sp³-hybridized carbons (Fsp3) is 0.933. The lowest BCUT2D eigenvalue weighted by Gasteiger charge is -2.42. The molecule has 0 saturated carbocycles. The Hall–Kier alpha value is -0.650. The van der Waals surface area contributed by atoms with E-state index in [0.29, 0.717) is 13.2 Å². The van der Waals surface area contributed by atoms with Crippen molar-refractivity contribution in [3.8, 4) is 0 Å². The van der Waals surface area contributed by atoms with E-state index in [1.807, 2.05) is 4.90 Å². The van der Waals surface area contributed by atoms with Crippen LogP contribution in [0.15, 0.2) is 0 Å². The minimum absolute atomic E-state index is 0.0174. The predicted octanol–water partition coefficient (Wildman–Crippen LogP) is 1.01. The molecule has 1 amide bonds. The molecule has 0 spiro atoms. The largest absolute Gasteiger partial charge is 0.395 e. The molecular weight excluding hydrogens is 256 g/mol. The Morgan fingerprint density at radius 2 is 1.95 bits per heavy atom. The number of hydrogen-bond acceptors (Lipinski definition) is 4. The molecule has 0 atom stereocenters. The van der Waals surface area contributed by atoms with Gasteiger partial charge in [-0.05, 0) is 38.8 Å². The van der Waals surface area contributed by atoms with E-state index in [-0.39, 0.29) is 18.6 Å². The Balaban J connectivity index is 2.93. The van der Waals surface area contributed by atoms with Crippen LogP contribution < -0.4 is 5.32 Å². The van der Waals surface area contributed by atoms with Gasteiger partial charge in [0.25, 0.3) is 0 Å². The van der Waals surface area contributed by atoms with E-state index in [1.165, 1.54) is 0 Å². The first-order chi connectivity index (χ1) is 9.65. The van der Waals surface area contributed by atoms with Gasteiger partial charge in [0.05, 0.1) is 18.6 Å². The van der Waals surface area contributed by atoms with Crippen molar-refractivity contribution in [2.24, 2.45) is 5.41 Å². The highest BCUT2D eigenvalue weighted by Crippen LogP contribution is 2.33. The van der Waals surface area contributed by atoms with Crippen LogP contribution in [0.2, 0.25) is 0 Å². The molecule has 1 aliphatic heterocycles. The monoisotopic (exact) mass is 286 g/mol. The molecule has 2 N–H and O–H groups in total. The fourth-order valence-corrected chi connectivity index (χ4v) is 3.19. The maximum atomic E-state index is 13.1. The van der Waals surface area contributed by atoms with Gasteiger partial charge >= 0.3 is 0 Å². The van der Waals surface area contributed by atoms with E-state index >= 15 is 0 Å². The number of carbonyl (C=O) groups excluding carboxylic acids is 1. The van der Waals surface area contributed by atoms with Crippen molar-refractivity contribution in [3.05, 3.63) is 0 Å². The number of nitrogens with zero attached hydrogens (tertiary/aromatic N) is 1. The van der Waals surface area contributed by atoms with Crippen molar-refractivity contribution in [1.82, 2.24) is 10.2 Å². The van der Waals surface area contributed by atoms with Crippen molar-refractivity contribution in [2.45, 2.75) is 45.6 Å². The summed E-state index contributed by atoms with van der Waals surface area (Å²) in [5.41, 5.74) is -0.419. The molecule has 0 unspecified atom stereocenters. The van der Waals surface area contributed by atoms with Crippen LogP contribution in [0.25, 0.3) is 0 Å². The summed E-state index contributed by atoms with van der Waals surface area (Å²) in [6, 6.07) is 0.207. The molecule has 1 rings (SSSR count). The summed E-state index contributed by atoms with van der Waals surface area (Å²) < 4.78 is 5.34. The van der Waals surface area contributed by atoms with Crippen molar-refractivity contribution >= 4 is 5.91 Å². The topological polar surface area (TPSA) is 61.8 Å². The van der Waals surface area contributed by atoms with E-state index in [1.54, 1.807) is 7.11 Å². The third-order valence-corrected chi connectivity index (χ3v) is 4.42. The quantitative estimate of drug-likeness (QED) is 0.699. The van der Waals surface area contributed by atoms with Crippen LogP contribution in [0, 0.1) is 5.41 Å². The van der Waals surface area contributed by atoms with Gasteiger partial charge in [-0.1, -0.05) is 13.8 Å². The first kappa shape index (κ1) is 17.4. The number of nitrogens with one attached hydrogen (secondary N) is 1. The first-order valence-corrected chi connectivity index (χ1v) is 7.76. The predicted molar refractivity (Wildman–Crippen MR) is 79.6 cm³/mol. The SMILES string of the molecule is CCC(CC)N(CCO)C(=O)C1(COC)CCNCC1. The molecule has 0 bridgehead atoms. The highest BCUT2D eigenvalue weighted by atomic mass is 16.5. The van der Waals surface area contributed by atoms with Gasteiger partial charge < -0.3 is 20.1 Å². The van der Waals surface area contributed by atoms with Crippen LogP contribution in [0.1, 0.15) is 39.5 Å². The van der Waals surface area contributed by atoms with Gasteiger partial charge in [-0.25, -0.2) is 0 Å². The Kier molecular flexibility index (Phi) is 7.48. The van der Waals surface area contributed by atoms with Gasteiger partial charge in [0.2, 0.25) is 5.91 Å². The molecule has 0 aliphatic carbocycles. The minimum atomic E-state index is -0.419. The molecule has 20 heavy (non-hydrogen) atoms. The highest BCUT2D eigenvalue weighted by molar-refractivity contribution is 5.83. The van der Waals surface area contributed by atoms with Gasteiger partial charge in [-0.15, -0.1) is 0 Å². The molecule has 1 aliphatic rings. The second-order valence-corrected chi connectivity index (χ2v) is 5.66. The number of rotatable bonds is 8. The standard InChI is InChI=1S/C15H30N2O3/c1-4-13(5-2)17(10-11-18)14(19)15(12-20-3)6-8-16-9-7-15/h13,16,18H,4-12H2,1-3H3. The summed E-state index contributed by atoms with van der Waals surface area (Å²) in [7, 11) is 1.66. The van der Waals surface area contributed by atoms with Crippen molar-refractivity contribution in [2.75, 3.05) is 40.0 Å². The second-order valence-electron chi connectivity index (χ2n) is 5.66. The summed E-state index contributed by atoms with van der Waals surface area (Å²) >= 11 is 0. The lowest BCUT2D eigenvalue weighted by atomic mass is 9.77. The van der Waals surface area contributed by atoms with Crippen molar-refractivity contribution in [1.29, 1.82) is 0 Å². The molecule has 1 heterocycles. The maximum Gasteiger partial charge on any atom is 0.231 e. The lowest BCUT2D eigenvalue weighted by molar-refractivity contribution is -0.151. The molecule has 0 radical (unpaired) electrons. The Morgan fingerprint density at radius 1 is 1.35 bits per heavy atom. The number of piperidine rings is 1. The number of carbonyl (C=O) groups is 1. The van der Waals surface area contributed by atoms with E-state index in [2.05, 4.69) is 19.2 Å². The van der Waals surface area contributed by atoms with Crippen LogP contribution in [0.5, 0.6) is 0 Å². The Bertz CT molecular complexity index is 281. The van der Waals surface area contributed by atoms with Crippen LogP contribution in [0.4, 0.5) is 0 Å². The van der Waals surface area contributed by atoms with Gasteiger partial charge in [0.1, 0.15) is 0 Å². The normalized spacial score (nSPS) is 18.2. The molecule has 1 fully saturated rings. The summed E-state index contributed by atoms with van der Waals surface area (Å²) in [5.74, 6) is 0.156. The van der Waals surface area contributed by atoms with Crippen molar-refractivity contribution in [3.63, 3.8) is 0 Å². The van der Waals surface area contributed by atoms with E-state index < -0.39 is 5.41 Å². The number of methoxy groups -OCH3 is 1. The van der Waals surface area contributed by atoms with Crippen molar-refractivity contribution < 1.29 is 14.6 Å². The summed E-state index contributed by atoms with van der Waals surface area (Å²) in [6.45, 7) is 6.80. The average molecular weight is 286 g/mol. The van der Waals surface area contributed by atoms with Gasteiger partial charge in [-0.2, -0.15) is 0 Å². The fourth-order valence-electron chi connectivity index (χ4n) is 3.19. The van der Waals surface area contributed by atoms with Crippen LogP contribution in [-0.4, -0.2) is 61.9 Å². The zero-order valence-electron chi connectivity index (χ0n) is 13.2.